The summed E-state index contributed by atoms with van der Waals surface area (Å²) in [5.74, 6) is 1.38. The lowest BCUT2D eigenvalue weighted by atomic mass is 9.88. The normalized spacial score (nSPS) is 19.8. The minimum atomic E-state index is -0.422. The van der Waals surface area contributed by atoms with Crippen LogP contribution in [0.5, 0.6) is 0 Å². The van der Waals surface area contributed by atoms with Gasteiger partial charge in [0.2, 0.25) is 11.8 Å². The monoisotopic (exact) mass is 373 g/mol. The molecule has 1 saturated heterocycles. The van der Waals surface area contributed by atoms with Crippen molar-refractivity contribution in [3.8, 4) is 0 Å². The van der Waals surface area contributed by atoms with Crippen molar-refractivity contribution in [1.29, 1.82) is 0 Å². The van der Waals surface area contributed by atoms with Crippen LogP contribution in [0.15, 0.2) is 24.4 Å². The second-order valence-corrected chi connectivity index (χ2v) is 8.13. The Morgan fingerprint density at radius 2 is 1.78 bits per heavy atom. The van der Waals surface area contributed by atoms with Gasteiger partial charge in [-0.3, -0.25) is 14.5 Å². The van der Waals surface area contributed by atoms with Gasteiger partial charge in [0.25, 0.3) is 5.82 Å². The molecular formula is C21H33N4O2+. The van der Waals surface area contributed by atoms with E-state index in [0.29, 0.717) is 13.1 Å². The summed E-state index contributed by atoms with van der Waals surface area (Å²) in [6.07, 6.45) is 7.30. The fourth-order valence-corrected chi connectivity index (χ4v) is 4.09. The Hall–Kier alpha value is -2.11. The fourth-order valence-electron chi connectivity index (χ4n) is 4.09. The molecule has 6 heteroatoms. The first-order valence-electron chi connectivity index (χ1n) is 10.4. The fraction of sp³-hybridized carbons (Fsp3) is 0.667. The van der Waals surface area contributed by atoms with Gasteiger partial charge >= 0.3 is 0 Å². The van der Waals surface area contributed by atoms with Crippen molar-refractivity contribution < 1.29 is 14.6 Å². The minimum Gasteiger partial charge on any atom is -0.344 e. The molecule has 1 aliphatic carbocycles. The number of piperazine rings is 1. The van der Waals surface area contributed by atoms with Gasteiger partial charge in [-0.2, -0.15) is 0 Å². The standard InChI is InChI=1S/C21H32N4O2/c1-16(2)19(23-20(26)17-8-4-3-5-9-17)21(27)25-14-12-24(13-15-25)18-10-6-7-11-22-18/h6-7,10-11,16-17,19H,3-5,8-9,12-15H2,1-2H3,(H,23,26)/p+1/t19-/m0/s1. The van der Waals surface area contributed by atoms with Gasteiger partial charge in [0.1, 0.15) is 19.1 Å². The third-order valence-electron chi connectivity index (χ3n) is 5.83. The van der Waals surface area contributed by atoms with Crippen molar-refractivity contribution >= 4 is 17.6 Å². The molecule has 0 bridgehead atoms. The van der Waals surface area contributed by atoms with Crippen molar-refractivity contribution in [2.75, 3.05) is 31.1 Å². The van der Waals surface area contributed by atoms with E-state index in [9.17, 15) is 9.59 Å². The highest BCUT2D eigenvalue weighted by molar-refractivity contribution is 5.89. The second kappa shape index (κ2) is 9.20. The van der Waals surface area contributed by atoms with Crippen LogP contribution in [-0.4, -0.2) is 48.9 Å². The van der Waals surface area contributed by atoms with Crippen molar-refractivity contribution in [2.24, 2.45) is 11.8 Å². The molecule has 1 aromatic heterocycles. The van der Waals surface area contributed by atoms with Crippen LogP contribution in [0.4, 0.5) is 5.82 Å². The maximum atomic E-state index is 13.1. The molecule has 0 unspecified atom stereocenters. The molecule has 0 aromatic carbocycles. The van der Waals surface area contributed by atoms with Gasteiger partial charge in [-0.05, 0) is 24.8 Å². The van der Waals surface area contributed by atoms with Gasteiger partial charge in [-0.15, -0.1) is 0 Å². The van der Waals surface area contributed by atoms with E-state index in [1.807, 2.05) is 37.1 Å². The third-order valence-corrected chi connectivity index (χ3v) is 5.83. The first-order chi connectivity index (χ1) is 13.1. The summed E-state index contributed by atoms with van der Waals surface area (Å²) in [5.41, 5.74) is 0. The molecule has 6 nitrogen and oxygen atoms in total. The highest BCUT2D eigenvalue weighted by Crippen LogP contribution is 2.24. The lowest BCUT2D eigenvalue weighted by Crippen LogP contribution is -2.57. The van der Waals surface area contributed by atoms with Crippen molar-refractivity contribution in [2.45, 2.75) is 52.0 Å². The molecule has 2 heterocycles. The molecule has 0 spiro atoms. The first-order valence-corrected chi connectivity index (χ1v) is 10.4. The SMILES string of the molecule is CC(C)[C@H](NC(=O)C1CCCCC1)C(=O)N1CCN(c2cccc[nH+]2)CC1. The Morgan fingerprint density at radius 3 is 2.37 bits per heavy atom. The number of nitrogens with one attached hydrogen (secondary N) is 2. The second-order valence-electron chi connectivity index (χ2n) is 8.13. The first kappa shape index (κ1) is 19.6. The Kier molecular flexibility index (Phi) is 6.69. The van der Waals surface area contributed by atoms with Gasteiger partial charge < -0.3 is 10.2 Å². The number of aromatic amines is 1. The lowest BCUT2D eigenvalue weighted by molar-refractivity contribution is -0.364. The summed E-state index contributed by atoms with van der Waals surface area (Å²) in [4.78, 5) is 33.1. The summed E-state index contributed by atoms with van der Waals surface area (Å²) in [7, 11) is 0. The zero-order valence-corrected chi connectivity index (χ0v) is 16.6. The van der Waals surface area contributed by atoms with Crippen LogP contribution in [0.1, 0.15) is 46.0 Å². The Labute approximate surface area is 162 Å². The number of rotatable bonds is 5. The average molecular weight is 374 g/mol. The number of carbonyl (C=O) groups excluding carboxylic acids is 2. The predicted octanol–water partition coefficient (Wildman–Crippen LogP) is 1.87. The van der Waals surface area contributed by atoms with Crippen molar-refractivity contribution in [1.82, 2.24) is 10.2 Å². The number of hydrogen-bond acceptors (Lipinski definition) is 3. The molecule has 2 fully saturated rings. The van der Waals surface area contributed by atoms with Gasteiger partial charge in [0.05, 0.1) is 19.3 Å². The molecule has 2 N–H and O–H groups in total. The van der Waals surface area contributed by atoms with Gasteiger partial charge in [0.15, 0.2) is 0 Å². The quantitative estimate of drug-likeness (QED) is 0.857. The Balaban J connectivity index is 1.56. The molecule has 2 aliphatic rings. The third kappa shape index (κ3) is 4.99. The zero-order valence-electron chi connectivity index (χ0n) is 16.6. The molecule has 1 aromatic rings. The molecule has 1 saturated carbocycles. The van der Waals surface area contributed by atoms with Crippen LogP contribution in [-0.2, 0) is 9.59 Å². The number of pyridine rings is 1. The summed E-state index contributed by atoms with van der Waals surface area (Å²) in [5, 5.41) is 3.08. The minimum absolute atomic E-state index is 0.0610. The van der Waals surface area contributed by atoms with Crippen LogP contribution in [0.25, 0.3) is 0 Å². The van der Waals surface area contributed by atoms with Gasteiger partial charge in [0, 0.05) is 12.0 Å². The van der Waals surface area contributed by atoms with E-state index in [4.69, 9.17) is 0 Å². The number of hydrogen-bond donors (Lipinski definition) is 1. The molecule has 148 valence electrons. The molecule has 2 amide bonds. The molecule has 27 heavy (non-hydrogen) atoms. The number of anilines is 1. The number of amides is 2. The highest BCUT2D eigenvalue weighted by atomic mass is 16.2. The van der Waals surface area contributed by atoms with E-state index in [-0.39, 0.29) is 23.7 Å². The van der Waals surface area contributed by atoms with Crippen LogP contribution in [0.3, 0.4) is 0 Å². The lowest BCUT2D eigenvalue weighted by Gasteiger charge is -2.35. The summed E-state index contributed by atoms with van der Waals surface area (Å²) < 4.78 is 0. The average Bonchev–Trinajstić information content (AvgIpc) is 2.72. The van der Waals surface area contributed by atoms with E-state index in [2.05, 4.69) is 21.3 Å². The zero-order chi connectivity index (χ0) is 19.2. The van der Waals surface area contributed by atoms with E-state index in [1.165, 1.54) is 6.42 Å². The Morgan fingerprint density at radius 1 is 1.07 bits per heavy atom. The number of carbonyl (C=O) groups is 2. The van der Waals surface area contributed by atoms with Gasteiger partial charge in [-0.1, -0.05) is 39.2 Å². The summed E-state index contributed by atoms with van der Waals surface area (Å²) in [6, 6.07) is 5.61. The van der Waals surface area contributed by atoms with Crippen molar-refractivity contribution in [3.05, 3.63) is 24.4 Å². The largest absolute Gasteiger partial charge is 0.344 e. The maximum Gasteiger partial charge on any atom is 0.274 e. The molecule has 0 radical (unpaired) electrons. The maximum absolute atomic E-state index is 13.1. The smallest absolute Gasteiger partial charge is 0.274 e. The predicted molar refractivity (Wildman–Crippen MR) is 105 cm³/mol. The van der Waals surface area contributed by atoms with Gasteiger partial charge in [-0.25, -0.2) is 4.98 Å². The number of nitrogens with zero attached hydrogens (tertiary/aromatic N) is 2. The Bertz CT molecular complexity index is 620. The summed E-state index contributed by atoms with van der Waals surface area (Å²) in [6.45, 7) is 6.99. The van der Waals surface area contributed by atoms with Crippen LogP contribution in [0.2, 0.25) is 0 Å². The topological polar surface area (TPSA) is 66.8 Å². The van der Waals surface area contributed by atoms with Crippen LogP contribution < -0.4 is 15.2 Å². The summed E-state index contributed by atoms with van der Waals surface area (Å²) >= 11 is 0. The molecule has 1 atom stereocenters. The van der Waals surface area contributed by atoms with E-state index >= 15 is 0 Å². The molecular weight excluding hydrogens is 340 g/mol. The van der Waals surface area contributed by atoms with Crippen LogP contribution in [0, 0.1) is 11.8 Å². The molecule has 1 aliphatic heterocycles. The number of H-pyrrole nitrogens is 1. The van der Waals surface area contributed by atoms with Crippen molar-refractivity contribution in [3.63, 3.8) is 0 Å². The van der Waals surface area contributed by atoms with E-state index in [1.54, 1.807) is 0 Å². The molecule has 3 rings (SSSR count). The highest BCUT2D eigenvalue weighted by Gasteiger charge is 2.34. The van der Waals surface area contributed by atoms with E-state index < -0.39 is 6.04 Å². The van der Waals surface area contributed by atoms with E-state index in [0.717, 1.165) is 44.6 Å². The number of aromatic nitrogens is 1. The van der Waals surface area contributed by atoms with Crippen LogP contribution >= 0.6 is 0 Å².